The third-order valence-electron chi connectivity index (χ3n) is 6.83. The third-order valence-corrected chi connectivity index (χ3v) is 6.83. The Morgan fingerprint density at radius 3 is 2.82 bits per heavy atom. The highest BCUT2D eigenvalue weighted by atomic mass is 16.5. The van der Waals surface area contributed by atoms with Crippen LogP contribution in [0.15, 0.2) is 24.4 Å². The number of aromatic nitrogens is 3. The molecule has 0 bridgehead atoms. The molecule has 0 saturated carbocycles. The molecule has 0 unspecified atom stereocenters. The number of carbonyl (C=O) groups is 2. The molecule has 0 radical (unpaired) electrons. The lowest BCUT2D eigenvalue weighted by Crippen LogP contribution is -2.15. The van der Waals surface area contributed by atoms with Crippen molar-refractivity contribution < 1.29 is 19.4 Å². The van der Waals surface area contributed by atoms with Crippen LogP contribution in [-0.4, -0.2) is 37.9 Å². The number of rotatable bonds is 5. The van der Waals surface area contributed by atoms with Crippen LogP contribution < -0.4 is 10.1 Å². The highest BCUT2D eigenvalue weighted by Crippen LogP contribution is 2.47. The van der Waals surface area contributed by atoms with Crippen LogP contribution in [0, 0.1) is 5.92 Å². The van der Waals surface area contributed by atoms with Crippen LogP contribution in [0.5, 0.6) is 5.75 Å². The molecule has 0 atom stereocenters. The van der Waals surface area contributed by atoms with Gasteiger partial charge in [0, 0.05) is 53.8 Å². The molecule has 34 heavy (non-hydrogen) atoms. The van der Waals surface area contributed by atoms with Crippen LogP contribution in [-0.2, 0) is 37.8 Å². The Kier molecular flexibility index (Phi) is 4.49. The zero-order valence-corrected chi connectivity index (χ0v) is 19.4. The van der Waals surface area contributed by atoms with Crippen molar-refractivity contribution in [2.24, 2.45) is 13.0 Å². The summed E-state index contributed by atoms with van der Waals surface area (Å²) in [4.78, 5) is 24.2. The fraction of sp³-hybridized carbons (Fsp3) is 0.346. The highest BCUT2D eigenvalue weighted by Gasteiger charge is 2.35. The first-order valence-corrected chi connectivity index (χ1v) is 11.6. The maximum atomic E-state index is 13.1. The number of benzene rings is 2. The van der Waals surface area contributed by atoms with Crippen molar-refractivity contribution in [2.45, 2.75) is 39.8 Å². The van der Waals surface area contributed by atoms with Crippen molar-refractivity contribution in [3.05, 3.63) is 46.8 Å². The average molecular weight is 459 g/mol. The minimum atomic E-state index is -1.01. The Morgan fingerprint density at radius 2 is 2.06 bits per heavy atom. The Labute approximate surface area is 196 Å². The van der Waals surface area contributed by atoms with Crippen molar-refractivity contribution in [1.82, 2.24) is 19.7 Å². The zero-order chi connectivity index (χ0) is 23.7. The highest BCUT2D eigenvalue weighted by molar-refractivity contribution is 6.19. The zero-order valence-electron chi connectivity index (χ0n) is 19.4. The largest absolute Gasteiger partial charge is 0.482 e. The van der Waals surface area contributed by atoms with E-state index in [1.165, 1.54) is 11.1 Å². The van der Waals surface area contributed by atoms with Gasteiger partial charge in [0.25, 0.3) is 5.91 Å². The van der Waals surface area contributed by atoms with Crippen LogP contribution in [0.1, 0.15) is 41.0 Å². The van der Waals surface area contributed by atoms with E-state index in [2.05, 4.69) is 28.8 Å². The predicted molar refractivity (Wildman–Crippen MR) is 128 cm³/mol. The van der Waals surface area contributed by atoms with Gasteiger partial charge in [-0.05, 0) is 48.1 Å². The van der Waals surface area contributed by atoms with E-state index in [0.29, 0.717) is 18.2 Å². The molecule has 0 saturated heterocycles. The number of nitrogens with zero attached hydrogens (tertiary/aromatic N) is 3. The average Bonchev–Trinajstić information content (AvgIpc) is 3.45. The number of aliphatic carboxylic acids is 1. The van der Waals surface area contributed by atoms with Crippen molar-refractivity contribution in [3.8, 4) is 16.9 Å². The molecular weight excluding hydrogens is 432 g/mol. The lowest BCUT2D eigenvalue weighted by molar-refractivity contribution is -0.139. The maximum absolute atomic E-state index is 13.1. The Balaban J connectivity index is 1.74. The van der Waals surface area contributed by atoms with E-state index in [1.807, 2.05) is 36.1 Å². The molecule has 6 rings (SSSR count). The van der Waals surface area contributed by atoms with Gasteiger partial charge >= 0.3 is 5.97 Å². The summed E-state index contributed by atoms with van der Waals surface area (Å²) in [6, 6.07) is 5.76. The van der Waals surface area contributed by atoms with E-state index >= 15 is 0 Å². The van der Waals surface area contributed by atoms with Gasteiger partial charge in [0.15, 0.2) is 6.61 Å². The van der Waals surface area contributed by atoms with Crippen molar-refractivity contribution in [1.29, 1.82) is 0 Å². The maximum Gasteiger partial charge on any atom is 0.341 e. The van der Waals surface area contributed by atoms with Gasteiger partial charge in [-0.15, -0.1) is 0 Å². The first kappa shape index (κ1) is 20.8. The summed E-state index contributed by atoms with van der Waals surface area (Å²) < 4.78 is 9.72. The summed E-state index contributed by atoms with van der Waals surface area (Å²) in [5.41, 5.74) is 8.27. The lowest BCUT2D eigenvalue weighted by atomic mass is 9.82. The van der Waals surface area contributed by atoms with E-state index < -0.39 is 12.6 Å². The first-order valence-electron chi connectivity index (χ1n) is 11.6. The molecule has 1 amide bonds. The van der Waals surface area contributed by atoms with Gasteiger partial charge < -0.3 is 19.7 Å². The molecule has 0 fully saturated rings. The molecule has 3 heterocycles. The van der Waals surface area contributed by atoms with Gasteiger partial charge in [-0.25, -0.2) is 4.79 Å². The number of ether oxygens (including phenoxy) is 1. The second-order valence-electron chi connectivity index (χ2n) is 9.64. The molecule has 8 nitrogen and oxygen atoms in total. The normalized spacial score (nSPS) is 14.4. The number of aryl methyl sites for hydroxylation is 3. The number of fused-ring (bicyclic) bond motifs is 10. The number of nitrogens with one attached hydrogen (secondary N) is 1. The number of carboxylic acid groups (broad SMARTS) is 1. The summed E-state index contributed by atoms with van der Waals surface area (Å²) in [5, 5.41) is 18.8. The van der Waals surface area contributed by atoms with Gasteiger partial charge in [0.05, 0.1) is 16.8 Å². The van der Waals surface area contributed by atoms with Gasteiger partial charge in [-0.2, -0.15) is 5.10 Å². The number of hydrogen-bond donors (Lipinski definition) is 2. The Hall–Kier alpha value is -3.81. The van der Waals surface area contributed by atoms with Gasteiger partial charge in [-0.3, -0.25) is 9.48 Å². The van der Waals surface area contributed by atoms with Crippen molar-refractivity contribution in [3.63, 3.8) is 0 Å². The van der Waals surface area contributed by atoms with E-state index in [1.54, 1.807) is 0 Å². The summed E-state index contributed by atoms with van der Waals surface area (Å²) >= 11 is 0. The van der Waals surface area contributed by atoms with Gasteiger partial charge in [0.1, 0.15) is 5.75 Å². The summed E-state index contributed by atoms with van der Waals surface area (Å²) in [6.07, 6.45) is 3.67. The fourth-order valence-electron chi connectivity index (χ4n) is 5.68. The van der Waals surface area contributed by atoms with Crippen LogP contribution in [0.25, 0.3) is 32.9 Å². The van der Waals surface area contributed by atoms with Crippen molar-refractivity contribution in [2.75, 3.05) is 6.61 Å². The fourth-order valence-corrected chi connectivity index (χ4v) is 5.68. The Bertz CT molecular complexity index is 1530. The van der Waals surface area contributed by atoms with E-state index in [0.717, 1.165) is 63.6 Å². The van der Waals surface area contributed by atoms with E-state index in [4.69, 9.17) is 9.84 Å². The minimum Gasteiger partial charge on any atom is -0.482 e. The molecule has 2 N–H and O–H groups in total. The lowest BCUT2D eigenvalue weighted by Gasteiger charge is -2.22. The standard InChI is InChI=1S/C26H26N4O4/c1-13(2)10-30-20-7-4-14(34-12-21(31)32)8-16(20)23-17-9-27-26(33)24(17)22-15(25(23)30)5-6-19-18(22)11-29(3)28-19/h4,7-8,11,13H,5-6,9-10,12H2,1-3H3,(H,27,33)(H,31,32). The number of carboxylic acids is 1. The second kappa shape index (κ2) is 7.35. The summed E-state index contributed by atoms with van der Waals surface area (Å²) in [5.74, 6) is -0.132. The number of carbonyl (C=O) groups excluding carboxylic acids is 1. The van der Waals surface area contributed by atoms with Crippen LogP contribution >= 0.6 is 0 Å². The molecule has 2 aromatic heterocycles. The van der Waals surface area contributed by atoms with Crippen molar-refractivity contribution >= 4 is 33.7 Å². The topological polar surface area (TPSA) is 98.4 Å². The van der Waals surface area contributed by atoms with Crippen LogP contribution in [0.2, 0.25) is 0 Å². The molecule has 8 heteroatoms. The summed E-state index contributed by atoms with van der Waals surface area (Å²) in [7, 11) is 1.92. The van der Waals surface area contributed by atoms with Gasteiger partial charge in [-0.1, -0.05) is 13.8 Å². The predicted octanol–water partition coefficient (Wildman–Crippen LogP) is 3.66. The molecule has 174 valence electrons. The number of hydrogen-bond acceptors (Lipinski definition) is 4. The quantitative estimate of drug-likeness (QED) is 0.476. The van der Waals surface area contributed by atoms with E-state index in [9.17, 15) is 9.59 Å². The molecule has 0 spiro atoms. The monoisotopic (exact) mass is 458 g/mol. The first-order chi connectivity index (χ1) is 16.3. The second-order valence-corrected chi connectivity index (χ2v) is 9.64. The molecule has 2 aromatic carbocycles. The summed E-state index contributed by atoms with van der Waals surface area (Å²) in [6.45, 7) is 5.31. The molecule has 4 aromatic rings. The molecular formula is C26H26N4O4. The minimum absolute atomic E-state index is 0.0482. The van der Waals surface area contributed by atoms with E-state index in [-0.39, 0.29) is 5.91 Å². The molecule has 1 aliphatic carbocycles. The molecule has 2 aliphatic rings. The smallest absolute Gasteiger partial charge is 0.341 e. The number of amides is 1. The van der Waals surface area contributed by atoms with Crippen LogP contribution in [0.3, 0.4) is 0 Å². The SMILES string of the molecule is CC(C)Cn1c2ccc(OCC(=O)O)cc2c2c3c(c4c(c21)CCc1nn(C)cc1-4)C(=O)NC3. The Morgan fingerprint density at radius 1 is 1.24 bits per heavy atom. The van der Waals surface area contributed by atoms with Crippen LogP contribution in [0.4, 0.5) is 0 Å². The van der Waals surface area contributed by atoms with Gasteiger partial charge in [0.2, 0.25) is 0 Å². The molecule has 1 aliphatic heterocycles. The third kappa shape index (κ3) is 2.94.